The summed E-state index contributed by atoms with van der Waals surface area (Å²) in [6.07, 6.45) is 0.282. The fraction of sp³-hybridized carbons (Fsp3) is 0.286. The van der Waals surface area contributed by atoms with Gasteiger partial charge in [-0.1, -0.05) is 18.2 Å². The second-order valence-electron chi connectivity index (χ2n) is 8.60. The van der Waals surface area contributed by atoms with Crippen molar-refractivity contribution in [2.24, 2.45) is 11.8 Å². The van der Waals surface area contributed by atoms with Crippen LogP contribution in [0, 0.1) is 17.7 Å². The summed E-state index contributed by atoms with van der Waals surface area (Å²) in [5, 5.41) is 2.47. The van der Waals surface area contributed by atoms with Crippen molar-refractivity contribution >= 4 is 17.7 Å². The van der Waals surface area contributed by atoms with Crippen molar-refractivity contribution in [2.45, 2.75) is 12.8 Å². The lowest BCUT2D eigenvalue weighted by atomic mass is 9.85. The van der Waals surface area contributed by atoms with Gasteiger partial charge in [0.05, 0.1) is 33.9 Å². The van der Waals surface area contributed by atoms with E-state index in [1.165, 1.54) is 25.3 Å². The summed E-state index contributed by atoms with van der Waals surface area (Å²) >= 11 is 0. The van der Waals surface area contributed by atoms with Gasteiger partial charge in [0.1, 0.15) is 5.82 Å². The molecule has 1 N–H and O–H groups in total. The minimum atomic E-state index is -0.786. The molecule has 1 aliphatic rings. The second-order valence-corrected chi connectivity index (χ2v) is 8.60. The van der Waals surface area contributed by atoms with Crippen LogP contribution in [0.1, 0.15) is 11.1 Å². The average molecular weight is 510 g/mol. The molecule has 4 rings (SSSR count). The molecule has 37 heavy (non-hydrogen) atoms. The van der Waals surface area contributed by atoms with Gasteiger partial charge < -0.3 is 23.7 Å². The third-order valence-electron chi connectivity index (χ3n) is 6.21. The van der Waals surface area contributed by atoms with Gasteiger partial charge in [-0.05, 0) is 66.4 Å². The molecule has 1 aliphatic heterocycles. The van der Waals surface area contributed by atoms with Gasteiger partial charge in [0.25, 0.3) is 0 Å². The Kier molecular flexibility index (Phi) is 8.12. The third-order valence-corrected chi connectivity index (χ3v) is 6.21. The molecular formula is C28H28FNO7. The Morgan fingerprint density at radius 3 is 2.22 bits per heavy atom. The van der Waals surface area contributed by atoms with Crippen molar-refractivity contribution in [1.29, 1.82) is 0 Å². The molecule has 1 heterocycles. The summed E-state index contributed by atoms with van der Waals surface area (Å²) in [6, 6.07) is 16.3. The van der Waals surface area contributed by atoms with E-state index in [9.17, 15) is 14.0 Å². The Morgan fingerprint density at radius 1 is 0.892 bits per heavy atom. The fourth-order valence-electron chi connectivity index (χ4n) is 4.35. The number of halogens is 1. The minimum Gasteiger partial charge on any atom is -0.493 e. The largest absolute Gasteiger partial charge is 0.493 e. The monoisotopic (exact) mass is 509 g/mol. The molecule has 8 nitrogen and oxygen atoms in total. The highest BCUT2D eigenvalue weighted by Gasteiger charge is 2.37. The van der Waals surface area contributed by atoms with E-state index in [0.717, 1.165) is 11.1 Å². The predicted octanol–water partition coefficient (Wildman–Crippen LogP) is 5.04. The zero-order valence-electron chi connectivity index (χ0n) is 20.8. The van der Waals surface area contributed by atoms with Crippen LogP contribution in [0.5, 0.6) is 23.0 Å². The van der Waals surface area contributed by atoms with Crippen molar-refractivity contribution < 1.29 is 37.7 Å². The molecule has 0 aromatic heterocycles. The normalized spacial score (nSPS) is 16.6. The highest BCUT2D eigenvalue weighted by atomic mass is 19.1. The zero-order chi connectivity index (χ0) is 26.4. The summed E-state index contributed by atoms with van der Waals surface area (Å²) in [5.41, 5.74) is 2.10. The van der Waals surface area contributed by atoms with Gasteiger partial charge in [0.2, 0.25) is 0 Å². The van der Waals surface area contributed by atoms with E-state index in [0.29, 0.717) is 36.7 Å². The number of hydrogen-bond donors (Lipinski definition) is 1. The molecule has 0 aliphatic carbocycles. The number of methoxy groups -OCH3 is 3. The lowest BCUT2D eigenvalue weighted by Crippen LogP contribution is -2.21. The smallest absolute Gasteiger partial charge is 0.417 e. The number of benzene rings is 3. The van der Waals surface area contributed by atoms with Crippen LogP contribution < -0.4 is 24.3 Å². The number of ether oxygens (including phenoxy) is 5. The standard InChI is InChI=1S/C28H28FNO7/c1-33-23-9-7-17(13-25(23)34-2)11-19-16-36-27(31)22(19)12-18-8-10-24(26(14-18)35-3)37-28(32)30-21-6-4-5-20(29)15-21/h4-10,13-15,19,22H,11-12,16H2,1-3H3,(H,30,32)/t19-,22+/m0/s1. The first-order chi connectivity index (χ1) is 17.9. The van der Waals surface area contributed by atoms with E-state index in [1.807, 2.05) is 18.2 Å². The molecule has 0 spiro atoms. The van der Waals surface area contributed by atoms with Crippen molar-refractivity contribution in [3.63, 3.8) is 0 Å². The van der Waals surface area contributed by atoms with Crippen LogP contribution in [0.4, 0.5) is 14.9 Å². The van der Waals surface area contributed by atoms with Crippen LogP contribution in [0.25, 0.3) is 0 Å². The highest BCUT2D eigenvalue weighted by Crippen LogP contribution is 2.35. The Labute approximate surface area is 214 Å². The van der Waals surface area contributed by atoms with Gasteiger partial charge in [0, 0.05) is 11.6 Å². The molecule has 3 aromatic rings. The first-order valence-corrected chi connectivity index (χ1v) is 11.7. The molecule has 0 radical (unpaired) electrons. The van der Waals surface area contributed by atoms with Crippen LogP contribution in [-0.2, 0) is 22.4 Å². The van der Waals surface area contributed by atoms with E-state index in [-0.39, 0.29) is 29.2 Å². The van der Waals surface area contributed by atoms with E-state index in [1.54, 1.807) is 38.5 Å². The molecule has 194 valence electrons. The Bertz CT molecular complexity index is 1280. The van der Waals surface area contributed by atoms with Gasteiger partial charge >= 0.3 is 12.1 Å². The predicted molar refractivity (Wildman–Crippen MR) is 134 cm³/mol. The number of rotatable bonds is 9. The van der Waals surface area contributed by atoms with Crippen molar-refractivity contribution in [1.82, 2.24) is 0 Å². The van der Waals surface area contributed by atoms with Gasteiger partial charge in [-0.2, -0.15) is 0 Å². The molecule has 0 saturated carbocycles. The summed E-state index contributed by atoms with van der Waals surface area (Å²) in [7, 11) is 4.62. The molecule has 1 amide bonds. The number of esters is 1. The molecule has 0 unspecified atom stereocenters. The molecule has 1 saturated heterocycles. The number of cyclic esters (lactones) is 1. The second kappa shape index (κ2) is 11.6. The van der Waals surface area contributed by atoms with Gasteiger partial charge in [-0.3, -0.25) is 10.1 Å². The van der Waals surface area contributed by atoms with Gasteiger partial charge in [0.15, 0.2) is 23.0 Å². The summed E-state index contributed by atoms with van der Waals surface area (Å²) in [5.74, 6) is 0.689. The summed E-state index contributed by atoms with van der Waals surface area (Å²) in [4.78, 5) is 24.8. The van der Waals surface area contributed by atoms with Gasteiger partial charge in [-0.15, -0.1) is 0 Å². The average Bonchev–Trinajstić information content (AvgIpc) is 3.23. The van der Waals surface area contributed by atoms with E-state index in [2.05, 4.69) is 5.32 Å². The summed E-state index contributed by atoms with van der Waals surface area (Å²) < 4.78 is 40.2. The lowest BCUT2D eigenvalue weighted by molar-refractivity contribution is -0.141. The van der Waals surface area contributed by atoms with Crippen molar-refractivity contribution in [3.05, 3.63) is 77.6 Å². The maximum Gasteiger partial charge on any atom is 0.417 e. The maximum atomic E-state index is 13.4. The quantitative estimate of drug-likeness (QED) is 0.404. The van der Waals surface area contributed by atoms with Crippen LogP contribution in [-0.4, -0.2) is 40.0 Å². The van der Waals surface area contributed by atoms with E-state index < -0.39 is 11.9 Å². The molecule has 2 atom stereocenters. The van der Waals surface area contributed by atoms with Crippen molar-refractivity contribution in [2.75, 3.05) is 33.3 Å². The first-order valence-electron chi connectivity index (χ1n) is 11.7. The van der Waals surface area contributed by atoms with Crippen LogP contribution >= 0.6 is 0 Å². The van der Waals surface area contributed by atoms with Crippen LogP contribution in [0.3, 0.4) is 0 Å². The van der Waals surface area contributed by atoms with Crippen LogP contribution in [0.15, 0.2) is 60.7 Å². The fourth-order valence-corrected chi connectivity index (χ4v) is 4.35. The first kappa shape index (κ1) is 25.8. The number of amides is 1. The number of hydrogen-bond acceptors (Lipinski definition) is 7. The molecule has 9 heteroatoms. The Balaban J connectivity index is 1.44. The van der Waals surface area contributed by atoms with E-state index >= 15 is 0 Å². The highest BCUT2D eigenvalue weighted by molar-refractivity contribution is 5.86. The van der Waals surface area contributed by atoms with Gasteiger partial charge in [-0.25, -0.2) is 9.18 Å². The number of nitrogens with one attached hydrogen (secondary N) is 1. The number of carbonyl (C=O) groups is 2. The molecule has 0 bridgehead atoms. The summed E-state index contributed by atoms with van der Waals surface area (Å²) in [6.45, 7) is 0.330. The Morgan fingerprint density at radius 2 is 1.54 bits per heavy atom. The lowest BCUT2D eigenvalue weighted by Gasteiger charge is -2.17. The number of anilines is 1. The van der Waals surface area contributed by atoms with E-state index in [4.69, 9.17) is 23.7 Å². The minimum absolute atomic E-state index is 0.0235. The maximum absolute atomic E-state index is 13.4. The molecular weight excluding hydrogens is 481 g/mol. The molecule has 3 aromatic carbocycles. The SMILES string of the molecule is COc1ccc(C[C@H]2COC(=O)[C@@H]2Cc2ccc(OC(=O)Nc3cccc(F)c3)c(OC)c2)cc1OC. The zero-order valence-corrected chi connectivity index (χ0v) is 20.8. The third kappa shape index (κ3) is 6.30. The topological polar surface area (TPSA) is 92.3 Å². The number of carbonyl (C=O) groups excluding carboxylic acids is 2. The molecule has 1 fully saturated rings. The Hall–Kier alpha value is -4.27. The van der Waals surface area contributed by atoms with Crippen molar-refractivity contribution in [3.8, 4) is 23.0 Å². The van der Waals surface area contributed by atoms with Crippen LogP contribution in [0.2, 0.25) is 0 Å².